The van der Waals surface area contributed by atoms with Gasteiger partial charge in [0.05, 0.1) is 12.5 Å². The van der Waals surface area contributed by atoms with Gasteiger partial charge < -0.3 is 5.73 Å². The van der Waals surface area contributed by atoms with Crippen molar-refractivity contribution in [1.29, 1.82) is 5.26 Å². The highest BCUT2D eigenvalue weighted by atomic mass is 35.5. The molecule has 64 valence electrons. The molecule has 0 spiro atoms. The highest BCUT2D eigenvalue weighted by Crippen LogP contribution is 2.16. The number of hydrogen-bond donors (Lipinski definition) is 1. The molecular weight excluding hydrogens is 184 g/mol. The van der Waals surface area contributed by atoms with Crippen LogP contribution in [0.1, 0.15) is 12.0 Å². The number of benzene rings is 1. The summed E-state index contributed by atoms with van der Waals surface area (Å²) in [5.74, 6) is 5.46. The molecule has 0 amide bonds. The average molecular weight is 191 g/mol. The van der Waals surface area contributed by atoms with Crippen molar-refractivity contribution >= 4 is 17.3 Å². The van der Waals surface area contributed by atoms with Crippen LogP contribution >= 0.6 is 11.6 Å². The van der Waals surface area contributed by atoms with Crippen LogP contribution in [0.5, 0.6) is 0 Å². The average Bonchev–Trinajstić information content (AvgIpc) is 2.09. The highest BCUT2D eigenvalue weighted by molar-refractivity contribution is 6.30. The van der Waals surface area contributed by atoms with Crippen LogP contribution in [0, 0.1) is 23.2 Å². The monoisotopic (exact) mass is 190 g/mol. The normalized spacial score (nSPS) is 8.31. The first-order chi connectivity index (χ1) is 6.24. The van der Waals surface area contributed by atoms with Crippen LogP contribution in [-0.4, -0.2) is 0 Å². The van der Waals surface area contributed by atoms with Crippen molar-refractivity contribution in [3.05, 3.63) is 28.8 Å². The lowest BCUT2D eigenvalue weighted by Gasteiger charge is -1.97. The van der Waals surface area contributed by atoms with E-state index in [1.54, 1.807) is 18.2 Å². The van der Waals surface area contributed by atoms with E-state index < -0.39 is 0 Å². The Kier molecular flexibility index (Phi) is 3.20. The number of nitriles is 1. The van der Waals surface area contributed by atoms with E-state index in [0.717, 1.165) is 0 Å². The van der Waals surface area contributed by atoms with Gasteiger partial charge in [-0.3, -0.25) is 0 Å². The molecule has 2 nitrogen and oxygen atoms in total. The van der Waals surface area contributed by atoms with E-state index in [4.69, 9.17) is 22.6 Å². The smallest absolute Gasteiger partial charge is 0.0966 e. The summed E-state index contributed by atoms with van der Waals surface area (Å²) in [5, 5.41) is 8.84. The molecule has 0 aliphatic carbocycles. The number of anilines is 1. The molecule has 0 aromatic heterocycles. The van der Waals surface area contributed by atoms with E-state index in [-0.39, 0.29) is 6.42 Å². The zero-order valence-corrected chi connectivity index (χ0v) is 7.60. The molecule has 0 aliphatic rings. The van der Waals surface area contributed by atoms with Crippen molar-refractivity contribution < 1.29 is 0 Å². The van der Waals surface area contributed by atoms with Gasteiger partial charge in [0.25, 0.3) is 0 Å². The third kappa shape index (κ3) is 2.71. The van der Waals surface area contributed by atoms with Crippen LogP contribution in [0.4, 0.5) is 5.69 Å². The predicted octanol–water partition coefficient (Wildman–Crippen LogP) is 2.19. The van der Waals surface area contributed by atoms with Gasteiger partial charge in [-0.15, -0.1) is 0 Å². The molecule has 1 rings (SSSR count). The van der Waals surface area contributed by atoms with Crippen molar-refractivity contribution in [2.45, 2.75) is 6.42 Å². The number of nitrogen functional groups attached to an aromatic ring is 1. The highest BCUT2D eigenvalue weighted by Gasteiger charge is 1.94. The van der Waals surface area contributed by atoms with E-state index in [9.17, 15) is 0 Å². The summed E-state index contributed by atoms with van der Waals surface area (Å²) in [6.07, 6.45) is 0.210. The van der Waals surface area contributed by atoms with Crippen LogP contribution in [0.3, 0.4) is 0 Å². The summed E-state index contributed by atoms with van der Waals surface area (Å²) in [6, 6.07) is 7.02. The van der Waals surface area contributed by atoms with E-state index in [1.807, 2.05) is 6.07 Å². The molecule has 0 atom stereocenters. The summed E-state index contributed by atoms with van der Waals surface area (Å²) in [6.45, 7) is 0. The molecule has 0 bridgehead atoms. The molecular formula is C10H7ClN2. The SMILES string of the molecule is N#CCC#Cc1ccc(Cl)cc1N. The maximum absolute atomic E-state index is 8.25. The second kappa shape index (κ2) is 4.40. The van der Waals surface area contributed by atoms with Crippen LogP contribution < -0.4 is 5.73 Å². The fourth-order valence-corrected chi connectivity index (χ4v) is 1.01. The summed E-state index contributed by atoms with van der Waals surface area (Å²) < 4.78 is 0. The second-order valence-corrected chi connectivity index (χ2v) is 2.80. The number of rotatable bonds is 0. The van der Waals surface area contributed by atoms with Crippen molar-refractivity contribution in [3.8, 4) is 17.9 Å². The van der Waals surface area contributed by atoms with Crippen LogP contribution in [0.25, 0.3) is 0 Å². The van der Waals surface area contributed by atoms with E-state index in [0.29, 0.717) is 16.3 Å². The molecule has 13 heavy (non-hydrogen) atoms. The van der Waals surface area contributed by atoms with Gasteiger partial charge in [-0.25, -0.2) is 0 Å². The van der Waals surface area contributed by atoms with Gasteiger partial charge in [0.2, 0.25) is 0 Å². The minimum atomic E-state index is 0.210. The Morgan fingerprint density at radius 2 is 2.23 bits per heavy atom. The Hall–Kier alpha value is -1.64. The van der Waals surface area contributed by atoms with Gasteiger partial charge in [-0.05, 0) is 18.2 Å². The van der Waals surface area contributed by atoms with Gasteiger partial charge >= 0.3 is 0 Å². The van der Waals surface area contributed by atoms with E-state index in [1.165, 1.54) is 0 Å². The van der Waals surface area contributed by atoms with Crippen LogP contribution in [-0.2, 0) is 0 Å². The van der Waals surface area contributed by atoms with Crippen molar-refractivity contribution in [3.63, 3.8) is 0 Å². The van der Waals surface area contributed by atoms with Gasteiger partial charge in [-0.1, -0.05) is 23.4 Å². The minimum absolute atomic E-state index is 0.210. The summed E-state index contributed by atoms with van der Waals surface area (Å²) in [4.78, 5) is 0. The molecule has 3 heteroatoms. The molecule has 2 N–H and O–H groups in total. The van der Waals surface area contributed by atoms with Crippen molar-refractivity contribution in [2.75, 3.05) is 5.73 Å². The quantitative estimate of drug-likeness (QED) is 0.504. The molecule has 0 fully saturated rings. The molecule has 0 radical (unpaired) electrons. The third-order valence-corrected chi connectivity index (χ3v) is 1.64. The lowest BCUT2D eigenvalue weighted by Crippen LogP contribution is -1.89. The van der Waals surface area contributed by atoms with Crippen LogP contribution in [0.15, 0.2) is 18.2 Å². The Balaban J connectivity index is 2.93. The molecule has 0 saturated carbocycles. The fraction of sp³-hybridized carbons (Fsp3) is 0.100. The first kappa shape index (κ1) is 9.45. The van der Waals surface area contributed by atoms with Gasteiger partial charge in [0, 0.05) is 16.3 Å². The van der Waals surface area contributed by atoms with Crippen molar-refractivity contribution in [2.24, 2.45) is 0 Å². The topological polar surface area (TPSA) is 49.8 Å². The number of halogens is 1. The minimum Gasteiger partial charge on any atom is -0.398 e. The van der Waals surface area contributed by atoms with Gasteiger partial charge in [0.1, 0.15) is 0 Å². The number of hydrogen-bond acceptors (Lipinski definition) is 2. The molecule has 0 saturated heterocycles. The summed E-state index contributed by atoms with van der Waals surface area (Å²) >= 11 is 5.70. The fourth-order valence-electron chi connectivity index (χ4n) is 0.826. The standard InChI is InChI=1S/C10H7ClN2/c11-9-5-4-8(10(13)7-9)3-1-2-6-12/h4-5,7H,2,13H2. The maximum atomic E-state index is 8.25. The first-order valence-corrected chi connectivity index (χ1v) is 4.02. The molecule has 0 heterocycles. The zero-order chi connectivity index (χ0) is 9.68. The lowest BCUT2D eigenvalue weighted by atomic mass is 10.2. The van der Waals surface area contributed by atoms with Crippen LogP contribution in [0.2, 0.25) is 5.02 Å². The Bertz CT molecular complexity index is 407. The van der Waals surface area contributed by atoms with Gasteiger partial charge in [0.15, 0.2) is 0 Å². The Morgan fingerprint density at radius 1 is 1.46 bits per heavy atom. The van der Waals surface area contributed by atoms with Gasteiger partial charge in [-0.2, -0.15) is 5.26 Å². The third-order valence-electron chi connectivity index (χ3n) is 1.40. The number of nitrogens with two attached hydrogens (primary N) is 1. The maximum Gasteiger partial charge on any atom is 0.0966 e. The van der Waals surface area contributed by atoms with Crippen molar-refractivity contribution in [1.82, 2.24) is 0 Å². The summed E-state index contributed by atoms with van der Waals surface area (Å²) in [7, 11) is 0. The molecule has 1 aromatic carbocycles. The van der Waals surface area contributed by atoms with E-state index in [2.05, 4.69) is 11.8 Å². The Labute approximate surface area is 81.9 Å². The lowest BCUT2D eigenvalue weighted by molar-refractivity contribution is 1.39. The summed E-state index contributed by atoms with van der Waals surface area (Å²) in [5.41, 5.74) is 6.88. The largest absolute Gasteiger partial charge is 0.398 e. The molecule has 0 aliphatic heterocycles. The van der Waals surface area contributed by atoms with E-state index >= 15 is 0 Å². The molecule has 0 unspecified atom stereocenters. The number of nitrogens with zero attached hydrogens (tertiary/aromatic N) is 1. The Morgan fingerprint density at radius 3 is 2.85 bits per heavy atom. The molecule has 1 aromatic rings. The second-order valence-electron chi connectivity index (χ2n) is 2.37. The predicted molar refractivity (Wildman–Crippen MR) is 53.0 cm³/mol. The first-order valence-electron chi connectivity index (χ1n) is 3.65. The zero-order valence-electron chi connectivity index (χ0n) is 6.84.